The van der Waals surface area contributed by atoms with E-state index in [1.54, 1.807) is 25.1 Å². The Balaban J connectivity index is 3.54. The Bertz CT molecular complexity index is 518. The topological polar surface area (TPSA) is 114 Å². The molecular weight excluding hydrogens is 204 g/mol. The second-order valence-electron chi connectivity index (χ2n) is 3.24. The van der Waals surface area contributed by atoms with Crippen LogP contribution >= 0.6 is 0 Å². The maximum atomic E-state index is 11.8. The van der Waals surface area contributed by atoms with Crippen LogP contribution in [0.3, 0.4) is 0 Å². The summed E-state index contributed by atoms with van der Waals surface area (Å²) < 4.78 is 0. The van der Waals surface area contributed by atoms with Crippen LogP contribution in [0, 0.1) is 39.9 Å². The first kappa shape index (κ1) is 11.5. The third-order valence-corrected chi connectivity index (χ3v) is 2.47. The van der Waals surface area contributed by atoms with Crippen LogP contribution in [0.1, 0.15) is 13.3 Å². The Morgan fingerprint density at radius 2 is 1.94 bits per heavy atom. The van der Waals surface area contributed by atoms with E-state index in [2.05, 4.69) is 0 Å². The van der Waals surface area contributed by atoms with Gasteiger partial charge in [0.1, 0.15) is 23.8 Å². The Morgan fingerprint density at radius 3 is 2.31 bits per heavy atom. The van der Waals surface area contributed by atoms with Crippen molar-refractivity contribution >= 4 is 5.78 Å². The lowest BCUT2D eigenvalue weighted by molar-refractivity contribution is -0.117. The molecule has 0 aromatic rings. The standard InChI is InChI=1S/C11H8N4O/c1-2-7-10(15)8(5-14)9(11(7)16)6(3-12)4-13/h7H,2,15H2,1H3. The number of ketones is 1. The average molecular weight is 212 g/mol. The molecule has 0 aromatic heterocycles. The number of carbonyl (C=O) groups is 1. The quantitative estimate of drug-likeness (QED) is 0.506. The Labute approximate surface area is 92.7 Å². The van der Waals surface area contributed by atoms with Gasteiger partial charge >= 0.3 is 0 Å². The fourth-order valence-electron chi connectivity index (χ4n) is 1.67. The van der Waals surface area contributed by atoms with E-state index in [-0.39, 0.29) is 22.4 Å². The van der Waals surface area contributed by atoms with E-state index in [4.69, 9.17) is 21.5 Å². The van der Waals surface area contributed by atoms with Gasteiger partial charge in [-0.2, -0.15) is 15.8 Å². The number of nitrogens with zero attached hydrogens (tertiary/aromatic N) is 3. The van der Waals surface area contributed by atoms with Gasteiger partial charge in [-0.05, 0) is 6.42 Å². The smallest absolute Gasteiger partial charge is 0.175 e. The molecule has 1 aliphatic rings. The minimum absolute atomic E-state index is 0.0325. The first-order chi connectivity index (χ1) is 7.62. The number of hydrogen-bond donors (Lipinski definition) is 1. The molecule has 2 N–H and O–H groups in total. The molecule has 0 fully saturated rings. The summed E-state index contributed by atoms with van der Waals surface area (Å²) >= 11 is 0. The van der Waals surface area contributed by atoms with Crippen LogP contribution in [-0.2, 0) is 4.79 Å². The number of rotatable bonds is 1. The molecule has 0 saturated carbocycles. The third kappa shape index (κ3) is 1.43. The van der Waals surface area contributed by atoms with Gasteiger partial charge < -0.3 is 5.73 Å². The molecule has 78 valence electrons. The maximum Gasteiger partial charge on any atom is 0.175 e. The van der Waals surface area contributed by atoms with Gasteiger partial charge in [0.05, 0.1) is 17.1 Å². The van der Waals surface area contributed by atoms with Crippen molar-refractivity contribution in [3.05, 3.63) is 22.4 Å². The van der Waals surface area contributed by atoms with Crippen molar-refractivity contribution in [3.8, 4) is 18.2 Å². The number of nitriles is 3. The molecule has 0 amide bonds. The zero-order chi connectivity index (χ0) is 12.3. The van der Waals surface area contributed by atoms with Crippen LogP contribution in [0.2, 0.25) is 0 Å². The number of carbonyl (C=O) groups excluding carboxylic acids is 1. The number of nitrogens with two attached hydrogens (primary N) is 1. The molecule has 1 aliphatic carbocycles. The van der Waals surface area contributed by atoms with Crippen molar-refractivity contribution < 1.29 is 4.79 Å². The molecule has 0 spiro atoms. The second-order valence-corrected chi connectivity index (χ2v) is 3.24. The molecule has 0 aliphatic heterocycles. The molecule has 5 nitrogen and oxygen atoms in total. The van der Waals surface area contributed by atoms with E-state index in [9.17, 15) is 4.79 Å². The summed E-state index contributed by atoms with van der Waals surface area (Å²) in [6, 6.07) is 5.00. The van der Waals surface area contributed by atoms with Crippen LogP contribution in [0.4, 0.5) is 0 Å². The Kier molecular flexibility index (Phi) is 3.09. The van der Waals surface area contributed by atoms with Gasteiger partial charge in [0, 0.05) is 5.70 Å². The summed E-state index contributed by atoms with van der Waals surface area (Å²) in [5, 5.41) is 26.3. The Hall–Kier alpha value is -2.58. The predicted octanol–water partition coefficient (Wildman–Crippen LogP) is 0.675. The fraction of sp³-hybridized carbons (Fsp3) is 0.273. The maximum absolute atomic E-state index is 11.8. The fourth-order valence-corrected chi connectivity index (χ4v) is 1.67. The Morgan fingerprint density at radius 1 is 1.38 bits per heavy atom. The third-order valence-electron chi connectivity index (χ3n) is 2.47. The summed E-state index contributed by atoms with van der Waals surface area (Å²) in [7, 11) is 0. The molecule has 0 saturated heterocycles. The zero-order valence-corrected chi connectivity index (χ0v) is 8.61. The van der Waals surface area contributed by atoms with Crippen LogP contribution < -0.4 is 5.73 Å². The summed E-state index contributed by atoms with van der Waals surface area (Å²) in [5.74, 6) is -0.990. The molecule has 0 aromatic carbocycles. The minimum atomic E-state index is -0.582. The van der Waals surface area contributed by atoms with Crippen LogP contribution in [-0.4, -0.2) is 5.78 Å². The highest BCUT2D eigenvalue weighted by atomic mass is 16.1. The number of allylic oxidation sites excluding steroid dienone is 4. The van der Waals surface area contributed by atoms with Gasteiger partial charge in [0.25, 0.3) is 0 Å². The van der Waals surface area contributed by atoms with Crippen LogP contribution in [0.25, 0.3) is 0 Å². The highest BCUT2D eigenvalue weighted by molar-refractivity contribution is 6.09. The van der Waals surface area contributed by atoms with E-state index in [0.717, 1.165) is 0 Å². The lowest BCUT2D eigenvalue weighted by Gasteiger charge is -2.04. The monoisotopic (exact) mass is 212 g/mol. The van der Waals surface area contributed by atoms with Gasteiger partial charge in [-0.3, -0.25) is 4.79 Å². The SMILES string of the molecule is CCC1C(=O)C(=C(C#N)C#N)C(C#N)=C1N. The normalized spacial score (nSPS) is 19.0. The summed E-state index contributed by atoms with van der Waals surface area (Å²) in [6.07, 6.45) is 0.448. The van der Waals surface area contributed by atoms with Crippen LogP contribution in [0.5, 0.6) is 0 Å². The van der Waals surface area contributed by atoms with E-state index in [0.29, 0.717) is 6.42 Å². The molecule has 0 heterocycles. The van der Waals surface area contributed by atoms with Crippen molar-refractivity contribution in [2.75, 3.05) is 0 Å². The zero-order valence-electron chi connectivity index (χ0n) is 8.61. The van der Waals surface area contributed by atoms with Crippen LogP contribution in [0.15, 0.2) is 22.4 Å². The molecule has 0 radical (unpaired) electrons. The molecular formula is C11H8N4O. The lowest BCUT2D eigenvalue weighted by atomic mass is 9.98. The van der Waals surface area contributed by atoms with Gasteiger partial charge in [-0.1, -0.05) is 6.92 Å². The lowest BCUT2D eigenvalue weighted by Crippen LogP contribution is -2.15. The first-order valence-electron chi connectivity index (χ1n) is 4.61. The van der Waals surface area contributed by atoms with Crippen molar-refractivity contribution in [1.29, 1.82) is 15.8 Å². The van der Waals surface area contributed by atoms with E-state index >= 15 is 0 Å². The highest BCUT2D eigenvalue weighted by Crippen LogP contribution is 2.33. The van der Waals surface area contributed by atoms with Gasteiger partial charge in [0.15, 0.2) is 5.78 Å². The summed E-state index contributed by atoms with van der Waals surface area (Å²) in [5.41, 5.74) is 5.31. The van der Waals surface area contributed by atoms with E-state index in [1.807, 2.05) is 0 Å². The summed E-state index contributed by atoms with van der Waals surface area (Å²) in [6.45, 7) is 1.76. The van der Waals surface area contributed by atoms with Gasteiger partial charge in [-0.15, -0.1) is 0 Å². The van der Waals surface area contributed by atoms with Crippen molar-refractivity contribution in [3.63, 3.8) is 0 Å². The largest absolute Gasteiger partial charge is 0.400 e. The molecule has 1 unspecified atom stereocenters. The van der Waals surface area contributed by atoms with Gasteiger partial charge in [0.2, 0.25) is 0 Å². The number of hydrogen-bond acceptors (Lipinski definition) is 5. The molecule has 16 heavy (non-hydrogen) atoms. The number of Topliss-reactive ketones (excluding diaryl/α,β-unsaturated/α-hetero) is 1. The van der Waals surface area contributed by atoms with E-state index in [1.165, 1.54) is 0 Å². The molecule has 1 rings (SSSR count). The predicted molar refractivity (Wildman–Crippen MR) is 53.9 cm³/mol. The highest BCUT2D eigenvalue weighted by Gasteiger charge is 2.37. The average Bonchev–Trinajstić information content (AvgIpc) is 2.52. The molecule has 5 heteroatoms. The minimum Gasteiger partial charge on any atom is -0.400 e. The van der Waals surface area contributed by atoms with Crippen molar-refractivity contribution in [1.82, 2.24) is 0 Å². The van der Waals surface area contributed by atoms with E-state index < -0.39 is 11.7 Å². The van der Waals surface area contributed by atoms with Gasteiger partial charge in [-0.25, -0.2) is 0 Å². The first-order valence-corrected chi connectivity index (χ1v) is 4.61. The van der Waals surface area contributed by atoms with Crippen molar-refractivity contribution in [2.24, 2.45) is 11.7 Å². The van der Waals surface area contributed by atoms with Crippen molar-refractivity contribution in [2.45, 2.75) is 13.3 Å². The second kappa shape index (κ2) is 4.29. The summed E-state index contributed by atoms with van der Waals surface area (Å²) in [4.78, 5) is 11.8. The molecule has 1 atom stereocenters. The molecule has 0 bridgehead atoms.